The topological polar surface area (TPSA) is 66.3 Å². The van der Waals surface area contributed by atoms with E-state index in [0.717, 1.165) is 60.8 Å². The normalized spacial score (nSPS) is 18.7. The Hall–Kier alpha value is -2.47. The van der Waals surface area contributed by atoms with Gasteiger partial charge in [0.1, 0.15) is 5.82 Å². The fourth-order valence-electron chi connectivity index (χ4n) is 3.74. The Morgan fingerprint density at radius 2 is 2.16 bits per heavy atom. The van der Waals surface area contributed by atoms with Gasteiger partial charge in [-0.05, 0) is 45.4 Å². The monoisotopic (exact) mass is 337 g/mol. The summed E-state index contributed by atoms with van der Waals surface area (Å²) in [5.74, 6) is 1.40. The molecule has 6 heteroatoms. The SMILES string of the molecule is Cc1c[nH]c(CN2CCC[C@@H](c3nnc4ccccn34)C2)c(C)c1=O. The van der Waals surface area contributed by atoms with Crippen LogP contribution in [0.15, 0.2) is 35.4 Å². The molecular formula is C19H23N5O. The van der Waals surface area contributed by atoms with Gasteiger partial charge in [-0.1, -0.05) is 6.07 Å². The highest BCUT2D eigenvalue weighted by Gasteiger charge is 2.25. The molecule has 0 radical (unpaired) electrons. The van der Waals surface area contributed by atoms with Crippen LogP contribution in [-0.4, -0.2) is 37.6 Å². The molecule has 3 aromatic heterocycles. The summed E-state index contributed by atoms with van der Waals surface area (Å²) in [5, 5.41) is 8.72. The molecule has 0 unspecified atom stereocenters. The highest BCUT2D eigenvalue weighted by Crippen LogP contribution is 2.27. The Bertz CT molecular complexity index is 958. The van der Waals surface area contributed by atoms with Gasteiger partial charge in [-0.15, -0.1) is 10.2 Å². The van der Waals surface area contributed by atoms with Gasteiger partial charge < -0.3 is 4.98 Å². The summed E-state index contributed by atoms with van der Waals surface area (Å²) >= 11 is 0. The highest BCUT2D eigenvalue weighted by atomic mass is 16.1. The molecule has 6 nitrogen and oxygen atoms in total. The van der Waals surface area contributed by atoms with Gasteiger partial charge in [0, 0.05) is 48.2 Å². The molecule has 1 fully saturated rings. The molecule has 1 atom stereocenters. The molecule has 0 amide bonds. The van der Waals surface area contributed by atoms with Crippen LogP contribution in [0.4, 0.5) is 0 Å². The summed E-state index contributed by atoms with van der Waals surface area (Å²) < 4.78 is 2.09. The van der Waals surface area contributed by atoms with E-state index in [9.17, 15) is 4.79 Å². The number of rotatable bonds is 3. The van der Waals surface area contributed by atoms with E-state index in [0.29, 0.717) is 5.92 Å². The molecule has 1 aliphatic rings. The van der Waals surface area contributed by atoms with E-state index in [1.807, 2.05) is 44.4 Å². The van der Waals surface area contributed by atoms with E-state index in [2.05, 4.69) is 24.5 Å². The van der Waals surface area contributed by atoms with E-state index in [1.165, 1.54) is 0 Å². The van der Waals surface area contributed by atoms with Crippen molar-refractivity contribution < 1.29 is 0 Å². The zero-order valence-electron chi connectivity index (χ0n) is 14.7. The van der Waals surface area contributed by atoms with Gasteiger partial charge in [-0.2, -0.15) is 0 Å². The van der Waals surface area contributed by atoms with Crippen molar-refractivity contribution in [2.24, 2.45) is 0 Å². The average molecular weight is 337 g/mol. The second-order valence-electron chi connectivity index (χ2n) is 6.97. The van der Waals surface area contributed by atoms with Crippen molar-refractivity contribution in [3.63, 3.8) is 0 Å². The van der Waals surface area contributed by atoms with Crippen molar-refractivity contribution in [3.05, 3.63) is 63.5 Å². The second-order valence-corrected chi connectivity index (χ2v) is 6.97. The first-order chi connectivity index (χ1) is 12.1. The quantitative estimate of drug-likeness (QED) is 0.797. The Balaban J connectivity index is 1.55. The third-order valence-electron chi connectivity index (χ3n) is 5.21. The van der Waals surface area contributed by atoms with Crippen LogP contribution >= 0.6 is 0 Å². The van der Waals surface area contributed by atoms with Crippen LogP contribution < -0.4 is 5.43 Å². The molecule has 1 aliphatic heterocycles. The molecule has 130 valence electrons. The lowest BCUT2D eigenvalue weighted by atomic mass is 9.96. The zero-order valence-corrected chi connectivity index (χ0v) is 14.7. The second kappa shape index (κ2) is 6.44. The van der Waals surface area contributed by atoms with Crippen LogP contribution in [0.2, 0.25) is 0 Å². The first kappa shape index (κ1) is 16.0. The number of fused-ring (bicyclic) bond motifs is 1. The first-order valence-electron chi connectivity index (χ1n) is 8.83. The van der Waals surface area contributed by atoms with Crippen LogP contribution in [0.3, 0.4) is 0 Å². The fraction of sp³-hybridized carbons (Fsp3) is 0.421. The van der Waals surface area contributed by atoms with E-state index in [4.69, 9.17) is 0 Å². The molecule has 3 aromatic rings. The van der Waals surface area contributed by atoms with Gasteiger partial charge in [0.25, 0.3) is 0 Å². The number of pyridine rings is 2. The molecule has 0 saturated carbocycles. The van der Waals surface area contributed by atoms with E-state index < -0.39 is 0 Å². The van der Waals surface area contributed by atoms with Crippen molar-refractivity contribution in [2.45, 2.75) is 39.2 Å². The summed E-state index contributed by atoms with van der Waals surface area (Å²) in [6.45, 7) is 6.51. The summed E-state index contributed by atoms with van der Waals surface area (Å²) in [6.07, 6.45) is 6.10. The smallest absolute Gasteiger partial charge is 0.187 e. The number of hydrogen-bond acceptors (Lipinski definition) is 4. The molecule has 0 aliphatic carbocycles. The third-order valence-corrected chi connectivity index (χ3v) is 5.21. The van der Waals surface area contributed by atoms with Crippen LogP contribution in [0.5, 0.6) is 0 Å². The number of nitrogens with one attached hydrogen (secondary N) is 1. The predicted octanol–water partition coefficient (Wildman–Crippen LogP) is 2.41. The molecule has 4 rings (SSSR count). The van der Waals surface area contributed by atoms with Crippen molar-refractivity contribution in [1.82, 2.24) is 24.5 Å². The number of aryl methyl sites for hydroxylation is 1. The number of H-pyrrole nitrogens is 1. The Kier molecular flexibility index (Phi) is 4.13. The Labute approximate surface area is 146 Å². The van der Waals surface area contributed by atoms with Crippen LogP contribution in [0.25, 0.3) is 5.65 Å². The first-order valence-corrected chi connectivity index (χ1v) is 8.83. The minimum Gasteiger partial charge on any atom is -0.363 e. The van der Waals surface area contributed by atoms with Gasteiger partial charge in [0.2, 0.25) is 0 Å². The number of nitrogens with zero attached hydrogens (tertiary/aromatic N) is 4. The number of piperidine rings is 1. The van der Waals surface area contributed by atoms with E-state index in [-0.39, 0.29) is 5.43 Å². The Morgan fingerprint density at radius 1 is 1.28 bits per heavy atom. The summed E-state index contributed by atoms with van der Waals surface area (Å²) in [4.78, 5) is 17.9. The van der Waals surface area contributed by atoms with Crippen LogP contribution in [-0.2, 0) is 6.54 Å². The van der Waals surface area contributed by atoms with Gasteiger partial charge in [0.05, 0.1) is 0 Å². The Morgan fingerprint density at radius 3 is 3.04 bits per heavy atom. The predicted molar refractivity (Wildman–Crippen MR) is 96.8 cm³/mol. The molecule has 1 saturated heterocycles. The number of hydrogen-bond donors (Lipinski definition) is 1. The van der Waals surface area contributed by atoms with Crippen molar-refractivity contribution in [3.8, 4) is 0 Å². The minimum absolute atomic E-state index is 0.144. The number of aromatic nitrogens is 4. The van der Waals surface area contributed by atoms with Crippen molar-refractivity contribution >= 4 is 5.65 Å². The van der Waals surface area contributed by atoms with Crippen molar-refractivity contribution in [1.29, 1.82) is 0 Å². The van der Waals surface area contributed by atoms with Gasteiger partial charge >= 0.3 is 0 Å². The van der Waals surface area contributed by atoms with Gasteiger partial charge in [-0.3, -0.25) is 14.1 Å². The average Bonchev–Trinajstić information content (AvgIpc) is 3.07. The van der Waals surface area contributed by atoms with Crippen molar-refractivity contribution in [2.75, 3.05) is 13.1 Å². The molecule has 0 spiro atoms. The molecular weight excluding hydrogens is 314 g/mol. The number of likely N-dealkylation sites (tertiary alicyclic amines) is 1. The summed E-state index contributed by atoms with van der Waals surface area (Å²) in [6, 6.07) is 5.98. The minimum atomic E-state index is 0.144. The largest absolute Gasteiger partial charge is 0.363 e. The molecule has 1 N–H and O–H groups in total. The van der Waals surface area contributed by atoms with Crippen LogP contribution in [0, 0.1) is 13.8 Å². The zero-order chi connectivity index (χ0) is 17.4. The lowest BCUT2D eigenvalue weighted by Gasteiger charge is -2.32. The maximum absolute atomic E-state index is 12.2. The van der Waals surface area contributed by atoms with Crippen LogP contribution in [0.1, 0.15) is 41.4 Å². The maximum atomic E-state index is 12.2. The molecule has 0 aromatic carbocycles. The van der Waals surface area contributed by atoms with E-state index in [1.54, 1.807) is 0 Å². The fourth-order valence-corrected chi connectivity index (χ4v) is 3.74. The summed E-state index contributed by atoms with van der Waals surface area (Å²) in [7, 11) is 0. The standard InChI is InChI=1S/C19H23N5O/c1-13-10-20-16(14(2)18(13)25)12-23-8-5-6-15(11-23)19-22-21-17-7-3-4-9-24(17)19/h3-4,7,9-10,15H,5-6,8,11-12H2,1-2H3,(H,20,25)/t15-/m1/s1. The maximum Gasteiger partial charge on any atom is 0.187 e. The highest BCUT2D eigenvalue weighted by molar-refractivity contribution is 5.37. The molecule has 0 bridgehead atoms. The molecule has 4 heterocycles. The number of aromatic amines is 1. The lowest BCUT2D eigenvalue weighted by molar-refractivity contribution is 0.193. The van der Waals surface area contributed by atoms with E-state index >= 15 is 0 Å². The third kappa shape index (κ3) is 2.98. The van der Waals surface area contributed by atoms with Gasteiger partial charge in [-0.25, -0.2) is 0 Å². The summed E-state index contributed by atoms with van der Waals surface area (Å²) in [5.41, 5.74) is 3.66. The lowest BCUT2D eigenvalue weighted by Crippen LogP contribution is -2.35. The molecule has 25 heavy (non-hydrogen) atoms. The van der Waals surface area contributed by atoms with Gasteiger partial charge in [0.15, 0.2) is 11.1 Å².